The number of hydrogen-bond acceptors (Lipinski definition) is 8. The molecule has 7 rings (SSSR count). The summed E-state index contributed by atoms with van der Waals surface area (Å²) in [5.74, 6) is 0.512. The third-order valence-corrected chi connectivity index (χ3v) is 11.9. The topological polar surface area (TPSA) is 141 Å². The fraction of sp³-hybridized carbons (Fsp3) is 0.590. The molecule has 3 aromatic rings. The van der Waals surface area contributed by atoms with E-state index in [1.165, 1.54) is 4.57 Å². The Labute approximate surface area is 304 Å². The largest absolute Gasteiger partial charge is 0.436 e. The summed E-state index contributed by atoms with van der Waals surface area (Å²) in [6.45, 7) is 7.51. The summed E-state index contributed by atoms with van der Waals surface area (Å²) >= 11 is 0. The fourth-order valence-corrected chi connectivity index (χ4v) is 8.97. The Morgan fingerprint density at radius 2 is 1.60 bits per heavy atom. The van der Waals surface area contributed by atoms with Crippen LogP contribution in [0.1, 0.15) is 55.2 Å². The van der Waals surface area contributed by atoms with E-state index in [9.17, 15) is 24.3 Å². The van der Waals surface area contributed by atoms with Gasteiger partial charge in [0.1, 0.15) is 0 Å². The van der Waals surface area contributed by atoms with Crippen LogP contribution in [-0.4, -0.2) is 118 Å². The minimum Gasteiger partial charge on any atom is -0.436 e. The lowest BCUT2D eigenvalue weighted by Crippen LogP contribution is -2.52. The van der Waals surface area contributed by atoms with Gasteiger partial charge in [-0.25, -0.2) is 14.4 Å². The number of aryl methyl sites for hydroxylation is 2. The maximum Gasteiger partial charge on any atom is 0.419 e. The molecule has 4 amide bonds. The number of hydrogen-bond donors (Lipinski definition) is 2. The maximum atomic E-state index is 14.2. The van der Waals surface area contributed by atoms with Crippen molar-refractivity contribution in [2.45, 2.75) is 70.4 Å². The summed E-state index contributed by atoms with van der Waals surface area (Å²) in [6, 6.07) is 11.4. The maximum absolute atomic E-state index is 14.2. The number of nitrogens with one attached hydrogen (secondary N) is 1. The van der Waals surface area contributed by atoms with Crippen LogP contribution in [0.2, 0.25) is 0 Å². The van der Waals surface area contributed by atoms with E-state index in [1.807, 2.05) is 47.1 Å². The molecule has 1 aromatic heterocycles. The molecular formula is C39H52N6O7. The Morgan fingerprint density at radius 1 is 0.923 bits per heavy atom. The van der Waals surface area contributed by atoms with Crippen molar-refractivity contribution in [2.24, 2.45) is 18.9 Å². The van der Waals surface area contributed by atoms with Crippen molar-refractivity contribution in [3.05, 3.63) is 63.6 Å². The van der Waals surface area contributed by atoms with E-state index in [1.54, 1.807) is 18.0 Å². The van der Waals surface area contributed by atoms with E-state index in [2.05, 4.69) is 10.2 Å². The first-order valence-corrected chi connectivity index (χ1v) is 19.0. The number of carbonyl (C=O) groups is 3. The predicted octanol–water partition coefficient (Wildman–Crippen LogP) is 3.99. The molecule has 3 fully saturated rings. The number of carbonyl (C=O) groups excluding carboxylic acids is 3. The van der Waals surface area contributed by atoms with Crippen LogP contribution in [0.15, 0.2) is 45.6 Å². The zero-order chi connectivity index (χ0) is 36.4. The Bertz CT molecular complexity index is 1810. The molecule has 0 unspecified atom stereocenters. The van der Waals surface area contributed by atoms with Gasteiger partial charge in [0.15, 0.2) is 11.7 Å². The van der Waals surface area contributed by atoms with Crippen LogP contribution in [0.3, 0.4) is 0 Å². The van der Waals surface area contributed by atoms with E-state index in [4.69, 9.17) is 9.15 Å². The van der Waals surface area contributed by atoms with Gasteiger partial charge in [0.25, 0.3) is 5.91 Å². The molecule has 3 saturated heterocycles. The third-order valence-electron chi connectivity index (χ3n) is 11.9. The molecule has 5 heterocycles. The third kappa shape index (κ3) is 7.71. The van der Waals surface area contributed by atoms with Crippen molar-refractivity contribution in [2.75, 3.05) is 64.3 Å². The Balaban J connectivity index is 1.01. The highest BCUT2D eigenvalue weighted by atomic mass is 16.6. The number of para-hydroxylation sites is 1. The molecule has 4 aliphatic rings. The summed E-state index contributed by atoms with van der Waals surface area (Å²) in [7, 11) is 1.67. The van der Waals surface area contributed by atoms with Gasteiger partial charge in [0.05, 0.1) is 12.1 Å². The molecule has 4 aliphatic heterocycles. The second kappa shape index (κ2) is 15.7. The van der Waals surface area contributed by atoms with Gasteiger partial charge in [-0.05, 0) is 106 Å². The number of aromatic nitrogens is 1. The van der Waals surface area contributed by atoms with Gasteiger partial charge in [-0.15, -0.1) is 0 Å². The first-order chi connectivity index (χ1) is 25.2. The van der Waals surface area contributed by atoms with Crippen LogP contribution in [0, 0.1) is 18.8 Å². The van der Waals surface area contributed by atoms with Crippen LogP contribution in [0.5, 0.6) is 0 Å². The zero-order valence-electron chi connectivity index (χ0n) is 30.4. The van der Waals surface area contributed by atoms with Crippen LogP contribution in [0.25, 0.3) is 11.1 Å². The van der Waals surface area contributed by atoms with Crippen molar-refractivity contribution >= 4 is 34.8 Å². The minimum absolute atomic E-state index is 0.00534. The van der Waals surface area contributed by atoms with E-state index in [0.29, 0.717) is 68.5 Å². The van der Waals surface area contributed by atoms with Gasteiger partial charge in [-0.3, -0.25) is 9.36 Å². The molecule has 0 saturated carbocycles. The lowest BCUT2D eigenvalue weighted by molar-refractivity contribution is -0.142. The molecule has 280 valence electrons. The number of piperidine rings is 3. The molecule has 0 aliphatic carbocycles. The number of aliphatic hydroxyl groups excluding tert-OH is 1. The average Bonchev–Trinajstić information content (AvgIpc) is 3.33. The first-order valence-electron chi connectivity index (χ1n) is 19.0. The molecular weight excluding hydrogens is 664 g/mol. The molecule has 1 atom stereocenters. The smallest absolute Gasteiger partial charge is 0.419 e. The number of rotatable bonds is 8. The number of β-amino-alcohol motifs (C(OH)–C–C–N with tert-alkyl or cyclic N) is 1. The number of amides is 4. The van der Waals surface area contributed by atoms with E-state index in [-0.39, 0.29) is 31.0 Å². The summed E-state index contributed by atoms with van der Waals surface area (Å²) in [6.07, 6.45) is 4.66. The molecule has 2 aromatic carbocycles. The molecule has 13 nitrogen and oxygen atoms in total. The Kier molecular flexibility index (Phi) is 10.9. The average molecular weight is 717 g/mol. The number of oxazole rings is 1. The highest BCUT2D eigenvalue weighted by Gasteiger charge is 2.37. The normalized spacial score (nSPS) is 20.4. The SMILES string of the molecule is Cc1cc(C[C@@H](OC(=O)N2CCC(N3CCc4ccccc4NC3=O)CC2)C(=O)N2CCC(C3CCN(CCO)CC3)CC2)cc2oc(=O)n(C)c12. The van der Waals surface area contributed by atoms with Crippen molar-refractivity contribution in [3.8, 4) is 0 Å². The first kappa shape index (κ1) is 36.0. The quantitative estimate of drug-likeness (QED) is 0.357. The molecule has 52 heavy (non-hydrogen) atoms. The van der Waals surface area contributed by atoms with Crippen LogP contribution < -0.4 is 11.1 Å². The summed E-state index contributed by atoms with van der Waals surface area (Å²) in [4.78, 5) is 61.1. The number of anilines is 1. The Morgan fingerprint density at radius 3 is 2.31 bits per heavy atom. The van der Waals surface area contributed by atoms with Gasteiger partial charge in [-0.2, -0.15) is 0 Å². The van der Waals surface area contributed by atoms with Crippen LogP contribution in [-0.2, 0) is 29.4 Å². The van der Waals surface area contributed by atoms with Gasteiger partial charge in [-0.1, -0.05) is 24.3 Å². The van der Waals surface area contributed by atoms with Gasteiger partial charge >= 0.3 is 17.9 Å². The van der Waals surface area contributed by atoms with Gasteiger partial charge < -0.3 is 39.2 Å². The van der Waals surface area contributed by atoms with E-state index in [0.717, 1.165) is 74.1 Å². The number of urea groups is 1. The molecule has 0 spiro atoms. The summed E-state index contributed by atoms with van der Waals surface area (Å²) < 4.78 is 13.1. The highest BCUT2D eigenvalue weighted by molar-refractivity contribution is 5.91. The monoisotopic (exact) mass is 716 g/mol. The van der Waals surface area contributed by atoms with E-state index < -0.39 is 18.0 Å². The van der Waals surface area contributed by atoms with E-state index >= 15 is 0 Å². The lowest BCUT2D eigenvalue weighted by Gasteiger charge is -2.41. The molecule has 13 heteroatoms. The van der Waals surface area contributed by atoms with Crippen molar-refractivity contribution in [1.82, 2.24) is 24.2 Å². The number of likely N-dealkylation sites (tertiary alicyclic amines) is 3. The molecule has 0 bridgehead atoms. The minimum atomic E-state index is -1.04. The van der Waals surface area contributed by atoms with Crippen LogP contribution in [0.4, 0.5) is 15.3 Å². The second-order valence-electron chi connectivity index (χ2n) is 15.1. The second-order valence-corrected chi connectivity index (χ2v) is 15.1. The standard InChI is InChI=1S/C39H52N6O7/c1-26-23-27(24-33-35(26)41(2)38(49)51-33)25-34(36(47)43-16-9-29(10-17-43)28-7-14-42(15-8-28)21-22-46)52-39(50)44-18-12-31(13-19-44)45-20-11-30-5-3-4-6-32(30)40-37(45)48/h3-6,23-24,28-29,31,34,46H,7-22,25H2,1-2H3,(H,40,48)/t34-/m1/s1. The lowest BCUT2D eigenvalue weighted by atomic mass is 9.78. The number of aliphatic hydroxyl groups is 1. The molecule has 0 radical (unpaired) electrons. The fourth-order valence-electron chi connectivity index (χ4n) is 8.97. The van der Waals surface area contributed by atoms with Crippen molar-refractivity contribution < 1.29 is 28.6 Å². The highest BCUT2D eigenvalue weighted by Crippen LogP contribution is 2.33. The predicted molar refractivity (Wildman–Crippen MR) is 196 cm³/mol. The number of benzene rings is 2. The molecule has 2 N–H and O–H groups in total. The Hall–Kier alpha value is -4.36. The summed E-state index contributed by atoms with van der Waals surface area (Å²) in [5, 5.41) is 12.4. The van der Waals surface area contributed by atoms with Gasteiger partial charge in [0, 0.05) is 64.5 Å². The summed E-state index contributed by atoms with van der Waals surface area (Å²) in [5.41, 5.74) is 4.69. The number of fused-ring (bicyclic) bond motifs is 2. The van der Waals surface area contributed by atoms with Crippen LogP contribution >= 0.6 is 0 Å². The van der Waals surface area contributed by atoms with Gasteiger partial charge in [0.2, 0.25) is 0 Å². The van der Waals surface area contributed by atoms with Crippen molar-refractivity contribution in [1.29, 1.82) is 0 Å². The zero-order valence-corrected chi connectivity index (χ0v) is 30.4. The number of ether oxygens (including phenoxy) is 1. The number of nitrogens with zero attached hydrogens (tertiary/aromatic N) is 5. The van der Waals surface area contributed by atoms with Crippen molar-refractivity contribution in [3.63, 3.8) is 0 Å².